The third-order valence-corrected chi connectivity index (χ3v) is 4.50. The zero-order chi connectivity index (χ0) is 19.9. The van der Waals surface area contributed by atoms with Crippen LogP contribution in [0.25, 0.3) is 10.8 Å². The molecule has 0 bridgehead atoms. The maximum absolute atomic E-state index is 12.4. The Balaban J connectivity index is 1.37. The van der Waals surface area contributed by atoms with Gasteiger partial charge in [0.1, 0.15) is 12.4 Å². The molecule has 0 saturated heterocycles. The highest BCUT2D eigenvalue weighted by Crippen LogP contribution is 2.16. The standard InChI is InChI=1S/C25H20N2O2/c28-25(23-14-13-21-10-4-5-11-22(21)16-23)27-26-17-20-9-6-12-24(15-20)29-18-19-7-2-1-3-8-19/h1-17H,18H2,(H,27,28)/b26-17+. The van der Waals surface area contributed by atoms with Crippen molar-refractivity contribution in [3.63, 3.8) is 0 Å². The van der Waals surface area contributed by atoms with Crippen molar-refractivity contribution in [2.45, 2.75) is 6.61 Å². The van der Waals surface area contributed by atoms with Crippen molar-refractivity contribution in [1.82, 2.24) is 5.43 Å². The van der Waals surface area contributed by atoms with Gasteiger partial charge in [-0.05, 0) is 46.2 Å². The Hall–Kier alpha value is -3.92. The Morgan fingerprint density at radius 1 is 0.828 bits per heavy atom. The number of amides is 1. The lowest BCUT2D eigenvalue weighted by atomic mass is 10.1. The van der Waals surface area contributed by atoms with Crippen LogP contribution >= 0.6 is 0 Å². The number of rotatable bonds is 6. The molecule has 142 valence electrons. The average Bonchev–Trinajstić information content (AvgIpc) is 2.78. The largest absolute Gasteiger partial charge is 0.489 e. The SMILES string of the molecule is O=C(N/N=C/c1cccc(OCc2ccccc2)c1)c1ccc2ccccc2c1. The van der Waals surface area contributed by atoms with Gasteiger partial charge in [0, 0.05) is 5.56 Å². The molecule has 0 fully saturated rings. The van der Waals surface area contributed by atoms with Crippen LogP contribution in [0, 0.1) is 0 Å². The van der Waals surface area contributed by atoms with Gasteiger partial charge in [0.2, 0.25) is 0 Å². The van der Waals surface area contributed by atoms with Crippen LogP contribution in [0.15, 0.2) is 102 Å². The number of benzene rings is 4. The first-order valence-corrected chi connectivity index (χ1v) is 9.37. The Morgan fingerprint density at radius 2 is 1.62 bits per heavy atom. The lowest BCUT2D eigenvalue weighted by Gasteiger charge is -2.07. The van der Waals surface area contributed by atoms with E-state index in [0.717, 1.165) is 27.6 Å². The molecule has 0 spiro atoms. The topological polar surface area (TPSA) is 50.7 Å². The summed E-state index contributed by atoms with van der Waals surface area (Å²) in [6, 6.07) is 31.1. The maximum atomic E-state index is 12.4. The first kappa shape index (κ1) is 18.4. The van der Waals surface area contributed by atoms with E-state index >= 15 is 0 Å². The van der Waals surface area contributed by atoms with Gasteiger partial charge < -0.3 is 4.74 Å². The van der Waals surface area contributed by atoms with E-state index in [1.165, 1.54) is 0 Å². The van der Waals surface area contributed by atoms with E-state index in [2.05, 4.69) is 10.5 Å². The normalized spacial score (nSPS) is 10.9. The lowest BCUT2D eigenvalue weighted by molar-refractivity contribution is 0.0955. The highest BCUT2D eigenvalue weighted by molar-refractivity contribution is 5.98. The number of hydrogen-bond donors (Lipinski definition) is 1. The van der Waals surface area contributed by atoms with E-state index in [0.29, 0.717) is 12.2 Å². The number of nitrogens with zero attached hydrogens (tertiary/aromatic N) is 1. The first-order chi connectivity index (χ1) is 14.3. The average molecular weight is 380 g/mol. The summed E-state index contributed by atoms with van der Waals surface area (Å²) in [7, 11) is 0. The lowest BCUT2D eigenvalue weighted by Crippen LogP contribution is -2.17. The molecule has 29 heavy (non-hydrogen) atoms. The molecule has 0 saturated carbocycles. The third-order valence-electron chi connectivity index (χ3n) is 4.50. The zero-order valence-electron chi connectivity index (χ0n) is 15.8. The second-order valence-corrected chi connectivity index (χ2v) is 6.61. The number of carbonyl (C=O) groups excluding carboxylic acids is 1. The van der Waals surface area contributed by atoms with E-state index in [-0.39, 0.29) is 5.91 Å². The quantitative estimate of drug-likeness (QED) is 0.370. The number of carbonyl (C=O) groups is 1. The van der Waals surface area contributed by atoms with Crippen molar-refractivity contribution >= 4 is 22.9 Å². The van der Waals surface area contributed by atoms with Gasteiger partial charge in [0.15, 0.2) is 0 Å². The Kier molecular flexibility index (Phi) is 5.63. The minimum Gasteiger partial charge on any atom is -0.489 e. The maximum Gasteiger partial charge on any atom is 0.271 e. The predicted octanol–water partition coefficient (Wildman–Crippen LogP) is 5.18. The van der Waals surface area contributed by atoms with E-state index in [1.54, 1.807) is 12.3 Å². The van der Waals surface area contributed by atoms with Gasteiger partial charge in [-0.3, -0.25) is 4.79 Å². The minimum atomic E-state index is -0.247. The second kappa shape index (κ2) is 8.85. The highest BCUT2D eigenvalue weighted by atomic mass is 16.5. The van der Waals surface area contributed by atoms with Crippen LogP contribution in [0.1, 0.15) is 21.5 Å². The molecule has 0 radical (unpaired) electrons. The number of hydrogen-bond acceptors (Lipinski definition) is 3. The molecule has 0 aliphatic rings. The summed E-state index contributed by atoms with van der Waals surface area (Å²) in [6.45, 7) is 0.500. The molecule has 1 amide bonds. The molecule has 4 heteroatoms. The molecular formula is C25H20N2O2. The zero-order valence-corrected chi connectivity index (χ0v) is 15.8. The van der Waals surface area contributed by atoms with Gasteiger partial charge in [0.25, 0.3) is 5.91 Å². The number of fused-ring (bicyclic) bond motifs is 1. The molecule has 0 unspecified atom stereocenters. The summed E-state index contributed by atoms with van der Waals surface area (Å²) < 4.78 is 5.82. The van der Waals surface area contributed by atoms with Crippen molar-refractivity contribution in [3.8, 4) is 5.75 Å². The molecule has 0 heterocycles. The monoisotopic (exact) mass is 380 g/mol. The van der Waals surface area contributed by atoms with Gasteiger partial charge in [-0.15, -0.1) is 0 Å². The van der Waals surface area contributed by atoms with Crippen LogP contribution in [0.4, 0.5) is 0 Å². The van der Waals surface area contributed by atoms with Crippen molar-refractivity contribution < 1.29 is 9.53 Å². The summed E-state index contributed by atoms with van der Waals surface area (Å²) in [5.74, 6) is 0.502. The molecule has 0 aliphatic carbocycles. The molecular weight excluding hydrogens is 360 g/mol. The predicted molar refractivity (Wildman–Crippen MR) is 116 cm³/mol. The summed E-state index contributed by atoms with van der Waals surface area (Å²) in [5.41, 5.74) is 5.10. The van der Waals surface area contributed by atoms with E-state index in [9.17, 15) is 4.79 Å². The molecule has 4 rings (SSSR count). The smallest absolute Gasteiger partial charge is 0.271 e. The van der Waals surface area contributed by atoms with Gasteiger partial charge in [-0.25, -0.2) is 5.43 Å². The molecule has 1 N–H and O–H groups in total. The van der Waals surface area contributed by atoms with Crippen molar-refractivity contribution in [2.24, 2.45) is 5.10 Å². The van der Waals surface area contributed by atoms with Crippen LogP contribution in [0.2, 0.25) is 0 Å². The van der Waals surface area contributed by atoms with Gasteiger partial charge in [-0.1, -0.05) is 72.8 Å². The number of hydrazone groups is 1. The molecule has 4 aromatic carbocycles. The fraction of sp³-hybridized carbons (Fsp3) is 0.0400. The van der Waals surface area contributed by atoms with Gasteiger partial charge in [0.05, 0.1) is 6.21 Å². The van der Waals surface area contributed by atoms with E-state index < -0.39 is 0 Å². The van der Waals surface area contributed by atoms with Crippen molar-refractivity contribution in [3.05, 3.63) is 114 Å². The molecule has 0 aromatic heterocycles. The van der Waals surface area contributed by atoms with Crippen LogP contribution in [0.5, 0.6) is 5.75 Å². The Morgan fingerprint density at radius 3 is 2.48 bits per heavy atom. The van der Waals surface area contributed by atoms with Gasteiger partial charge >= 0.3 is 0 Å². The Labute approximate surface area is 169 Å². The summed E-state index contributed by atoms with van der Waals surface area (Å²) in [6.07, 6.45) is 1.61. The first-order valence-electron chi connectivity index (χ1n) is 9.37. The van der Waals surface area contributed by atoms with Crippen LogP contribution in [-0.4, -0.2) is 12.1 Å². The van der Waals surface area contributed by atoms with Crippen LogP contribution < -0.4 is 10.2 Å². The Bertz CT molecular complexity index is 1150. The molecule has 0 aliphatic heterocycles. The summed E-state index contributed by atoms with van der Waals surface area (Å²) >= 11 is 0. The fourth-order valence-corrected chi connectivity index (χ4v) is 2.99. The van der Waals surface area contributed by atoms with Gasteiger partial charge in [-0.2, -0.15) is 5.10 Å². The summed E-state index contributed by atoms with van der Waals surface area (Å²) in [5, 5.41) is 6.20. The van der Waals surface area contributed by atoms with E-state index in [1.807, 2.05) is 91.0 Å². The molecule has 4 nitrogen and oxygen atoms in total. The van der Waals surface area contributed by atoms with E-state index in [4.69, 9.17) is 4.74 Å². The minimum absolute atomic E-state index is 0.247. The van der Waals surface area contributed by atoms with Crippen LogP contribution in [0.3, 0.4) is 0 Å². The number of nitrogens with one attached hydrogen (secondary N) is 1. The third kappa shape index (κ3) is 4.87. The fourth-order valence-electron chi connectivity index (χ4n) is 2.99. The molecule has 0 atom stereocenters. The van der Waals surface area contributed by atoms with Crippen LogP contribution in [-0.2, 0) is 6.61 Å². The summed E-state index contributed by atoms with van der Waals surface area (Å²) in [4.78, 5) is 12.4. The highest BCUT2D eigenvalue weighted by Gasteiger charge is 2.05. The molecule has 4 aromatic rings. The van der Waals surface area contributed by atoms with Crippen molar-refractivity contribution in [1.29, 1.82) is 0 Å². The number of ether oxygens (including phenoxy) is 1. The van der Waals surface area contributed by atoms with Crippen molar-refractivity contribution in [2.75, 3.05) is 0 Å². The second-order valence-electron chi connectivity index (χ2n) is 6.61.